The van der Waals surface area contributed by atoms with Crippen molar-refractivity contribution < 1.29 is 4.79 Å². The molecule has 4 nitrogen and oxygen atoms in total. The van der Waals surface area contributed by atoms with E-state index in [2.05, 4.69) is 17.1 Å². The Balaban J connectivity index is 2.38. The van der Waals surface area contributed by atoms with E-state index in [0.29, 0.717) is 18.0 Å². The number of nitrogens with two attached hydrogens (primary N) is 1. The van der Waals surface area contributed by atoms with Crippen LogP contribution in [0, 0.1) is 0 Å². The second kappa shape index (κ2) is 7.86. The van der Waals surface area contributed by atoms with Crippen LogP contribution in [0.2, 0.25) is 0 Å². The highest BCUT2D eigenvalue weighted by molar-refractivity contribution is 7.80. The maximum absolute atomic E-state index is 11.7. The minimum absolute atomic E-state index is 0.0348. The first-order valence-corrected chi connectivity index (χ1v) is 6.77. The molecule has 0 spiro atoms. The van der Waals surface area contributed by atoms with Crippen molar-refractivity contribution in [3.05, 3.63) is 35.4 Å². The van der Waals surface area contributed by atoms with Crippen LogP contribution in [0.3, 0.4) is 0 Å². The number of carbonyl (C=O) groups is 1. The largest absolute Gasteiger partial charge is 0.389 e. The summed E-state index contributed by atoms with van der Waals surface area (Å²) in [6, 6.07) is 7.45. The summed E-state index contributed by atoms with van der Waals surface area (Å²) in [7, 11) is 2.03. The summed E-state index contributed by atoms with van der Waals surface area (Å²) in [5.41, 5.74) is 7.30. The number of thiocarbonyl (C=S) groups is 1. The van der Waals surface area contributed by atoms with Crippen LogP contribution in [0.25, 0.3) is 0 Å². The Bertz CT molecular complexity index is 431. The Hall–Kier alpha value is -1.46. The highest BCUT2D eigenvalue weighted by atomic mass is 32.1. The van der Waals surface area contributed by atoms with Crippen molar-refractivity contribution >= 4 is 23.1 Å². The summed E-state index contributed by atoms with van der Waals surface area (Å²) in [5.74, 6) is 0.0348. The molecule has 3 N–H and O–H groups in total. The summed E-state index contributed by atoms with van der Waals surface area (Å²) in [5, 5.41) is 2.90. The van der Waals surface area contributed by atoms with Gasteiger partial charge in [0.1, 0.15) is 4.99 Å². The van der Waals surface area contributed by atoms with Gasteiger partial charge in [0, 0.05) is 18.7 Å². The first-order chi connectivity index (χ1) is 9.02. The molecule has 0 heterocycles. The van der Waals surface area contributed by atoms with E-state index >= 15 is 0 Å². The number of carbonyl (C=O) groups excluding carboxylic acids is 1. The molecule has 104 valence electrons. The van der Waals surface area contributed by atoms with E-state index < -0.39 is 0 Å². The molecule has 19 heavy (non-hydrogen) atoms. The standard InChI is InChI=1S/C14H21N3OS/c1-3-17(2)9-8-16-13(18)10-11-4-6-12(7-5-11)14(15)19/h4-7H,3,8-10H2,1-2H3,(H2,15,19)(H,16,18). The molecule has 0 saturated heterocycles. The molecule has 0 bridgehead atoms. The molecule has 0 aromatic heterocycles. The molecule has 0 aliphatic heterocycles. The Labute approximate surface area is 120 Å². The minimum atomic E-state index is 0.0348. The summed E-state index contributed by atoms with van der Waals surface area (Å²) in [6.07, 6.45) is 0.382. The Kier molecular flexibility index (Phi) is 6.45. The third-order valence-corrected chi connectivity index (χ3v) is 3.19. The van der Waals surface area contributed by atoms with Crippen LogP contribution in [0.4, 0.5) is 0 Å². The molecule has 1 aromatic rings. The lowest BCUT2D eigenvalue weighted by molar-refractivity contribution is -0.120. The van der Waals surface area contributed by atoms with Crippen LogP contribution in [0.15, 0.2) is 24.3 Å². The van der Waals surface area contributed by atoms with Crippen LogP contribution in [-0.4, -0.2) is 42.5 Å². The molecule has 1 amide bonds. The van der Waals surface area contributed by atoms with Crippen LogP contribution < -0.4 is 11.1 Å². The van der Waals surface area contributed by atoms with E-state index in [9.17, 15) is 4.79 Å². The van der Waals surface area contributed by atoms with Gasteiger partial charge in [0.2, 0.25) is 5.91 Å². The molecule has 0 radical (unpaired) electrons. The van der Waals surface area contributed by atoms with Gasteiger partial charge in [-0.15, -0.1) is 0 Å². The molecule has 0 atom stereocenters. The highest BCUT2D eigenvalue weighted by Gasteiger charge is 2.04. The zero-order chi connectivity index (χ0) is 14.3. The number of nitrogens with zero attached hydrogens (tertiary/aromatic N) is 1. The molecular formula is C14H21N3OS. The first-order valence-electron chi connectivity index (χ1n) is 6.37. The number of amides is 1. The van der Waals surface area contributed by atoms with Gasteiger partial charge in [-0.25, -0.2) is 0 Å². The van der Waals surface area contributed by atoms with E-state index in [1.165, 1.54) is 0 Å². The zero-order valence-electron chi connectivity index (χ0n) is 11.5. The maximum atomic E-state index is 11.7. The Morgan fingerprint density at radius 2 is 2.00 bits per heavy atom. The van der Waals surface area contributed by atoms with Crippen molar-refractivity contribution in [1.82, 2.24) is 10.2 Å². The van der Waals surface area contributed by atoms with Gasteiger partial charge in [-0.2, -0.15) is 0 Å². The van der Waals surface area contributed by atoms with Gasteiger partial charge in [-0.1, -0.05) is 43.4 Å². The molecule has 0 unspecified atom stereocenters. The van der Waals surface area contributed by atoms with Crippen LogP contribution in [0.1, 0.15) is 18.1 Å². The summed E-state index contributed by atoms with van der Waals surface area (Å²) < 4.78 is 0. The second-order valence-corrected chi connectivity index (χ2v) is 4.92. The number of nitrogens with one attached hydrogen (secondary N) is 1. The number of benzene rings is 1. The second-order valence-electron chi connectivity index (χ2n) is 4.48. The topological polar surface area (TPSA) is 58.4 Å². The lowest BCUT2D eigenvalue weighted by Gasteiger charge is -2.14. The van der Waals surface area contributed by atoms with Gasteiger partial charge >= 0.3 is 0 Å². The fourth-order valence-electron chi connectivity index (χ4n) is 1.58. The van der Waals surface area contributed by atoms with Crippen molar-refractivity contribution in [2.24, 2.45) is 5.73 Å². The average Bonchev–Trinajstić information content (AvgIpc) is 2.39. The molecule has 1 rings (SSSR count). The Morgan fingerprint density at radius 1 is 1.37 bits per heavy atom. The predicted molar refractivity (Wildman–Crippen MR) is 82.2 cm³/mol. The van der Waals surface area contributed by atoms with E-state index in [4.69, 9.17) is 18.0 Å². The summed E-state index contributed by atoms with van der Waals surface area (Å²) >= 11 is 4.88. The molecule has 0 fully saturated rings. The van der Waals surface area contributed by atoms with Crippen molar-refractivity contribution in [2.45, 2.75) is 13.3 Å². The fraction of sp³-hybridized carbons (Fsp3) is 0.429. The monoisotopic (exact) mass is 279 g/mol. The van der Waals surface area contributed by atoms with Crippen LogP contribution >= 0.6 is 12.2 Å². The van der Waals surface area contributed by atoms with Crippen molar-refractivity contribution in [3.63, 3.8) is 0 Å². The van der Waals surface area contributed by atoms with Gasteiger partial charge in [0.15, 0.2) is 0 Å². The number of likely N-dealkylation sites (N-methyl/N-ethyl adjacent to an activating group) is 1. The van der Waals surface area contributed by atoms with E-state index in [1.54, 1.807) is 0 Å². The maximum Gasteiger partial charge on any atom is 0.224 e. The van der Waals surface area contributed by atoms with Crippen LogP contribution in [-0.2, 0) is 11.2 Å². The van der Waals surface area contributed by atoms with Crippen LogP contribution in [0.5, 0.6) is 0 Å². The lowest BCUT2D eigenvalue weighted by Crippen LogP contribution is -2.33. The Morgan fingerprint density at radius 3 is 2.53 bits per heavy atom. The molecule has 1 aromatic carbocycles. The fourth-order valence-corrected chi connectivity index (χ4v) is 1.72. The minimum Gasteiger partial charge on any atom is -0.389 e. The highest BCUT2D eigenvalue weighted by Crippen LogP contribution is 2.05. The molecule has 0 aliphatic carbocycles. The average molecular weight is 279 g/mol. The molecule has 0 saturated carbocycles. The zero-order valence-corrected chi connectivity index (χ0v) is 12.3. The normalized spacial score (nSPS) is 10.5. The van der Waals surface area contributed by atoms with Gasteiger partial charge in [-0.05, 0) is 19.2 Å². The predicted octanol–water partition coefficient (Wildman–Crippen LogP) is 0.931. The summed E-state index contributed by atoms with van der Waals surface area (Å²) in [4.78, 5) is 14.2. The van der Waals surface area contributed by atoms with Gasteiger partial charge in [0.25, 0.3) is 0 Å². The lowest BCUT2D eigenvalue weighted by atomic mass is 10.1. The number of hydrogen-bond acceptors (Lipinski definition) is 3. The number of rotatable bonds is 7. The van der Waals surface area contributed by atoms with E-state index in [-0.39, 0.29) is 5.91 Å². The van der Waals surface area contributed by atoms with E-state index in [0.717, 1.165) is 24.2 Å². The third-order valence-electron chi connectivity index (χ3n) is 2.96. The third kappa shape index (κ3) is 5.81. The smallest absolute Gasteiger partial charge is 0.224 e. The molecular weight excluding hydrogens is 258 g/mol. The van der Waals surface area contributed by atoms with Crippen molar-refractivity contribution in [1.29, 1.82) is 0 Å². The number of hydrogen-bond donors (Lipinski definition) is 2. The molecule has 5 heteroatoms. The van der Waals surface area contributed by atoms with Gasteiger partial charge in [0.05, 0.1) is 6.42 Å². The quantitative estimate of drug-likeness (QED) is 0.729. The van der Waals surface area contributed by atoms with Crippen molar-refractivity contribution in [2.75, 3.05) is 26.7 Å². The first kappa shape index (κ1) is 15.6. The SMILES string of the molecule is CCN(C)CCNC(=O)Cc1ccc(C(N)=S)cc1. The molecule has 0 aliphatic rings. The van der Waals surface area contributed by atoms with E-state index in [1.807, 2.05) is 31.3 Å². The van der Waals surface area contributed by atoms with Crippen molar-refractivity contribution in [3.8, 4) is 0 Å². The van der Waals surface area contributed by atoms with Gasteiger partial charge in [-0.3, -0.25) is 4.79 Å². The van der Waals surface area contributed by atoms with Gasteiger partial charge < -0.3 is 16.0 Å². The summed E-state index contributed by atoms with van der Waals surface area (Å²) in [6.45, 7) is 4.61.